The third-order valence-electron chi connectivity index (χ3n) is 6.50. The number of benzene rings is 3. The number of rotatable bonds is 6. The van der Waals surface area contributed by atoms with Crippen LogP contribution in [0.25, 0.3) is 0 Å². The molecule has 0 aromatic heterocycles. The predicted molar refractivity (Wildman–Crippen MR) is 153 cm³/mol. The van der Waals surface area contributed by atoms with Gasteiger partial charge in [-0.15, -0.1) is 0 Å². The lowest BCUT2D eigenvalue weighted by molar-refractivity contribution is 0.207. The molecule has 0 amide bonds. The Kier molecular flexibility index (Phi) is 9.71. The highest BCUT2D eigenvalue weighted by atomic mass is 79.9. The van der Waals surface area contributed by atoms with Crippen LogP contribution in [0.2, 0.25) is 0 Å². The molecule has 0 atom stereocenters. The minimum Gasteiger partial charge on any atom is -0.508 e. The molecule has 1 fully saturated rings. The van der Waals surface area contributed by atoms with Crippen molar-refractivity contribution < 1.29 is 15.3 Å². The Bertz CT molecular complexity index is 1040. The Morgan fingerprint density at radius 2 is 0.722 bits per heavy atom. The molecule has 0 unspecified atom stereocenters. The van der Waals surface area contributed by atoms with Crippen LogP contribution >= 0.6 is 47.8 Å². The van der Waals surface area contributed by atoms with Gasteiger partial charge in [-0.05, 0) is 54.6 Å². The van der Waals surface area contributed by atoms with Crippen LogP contribution in [-0.2, 0) is 19.6 Å². The lowest BCUT2D eigenvalue weighted by Gasteiger charge is -2.26. The molecule has 0 aliphatic carbocycles. The van der Waals surface area contributed by atoms with E-state index in [-0.39, 0.29) is 0 Å². The summed E-state index contributed by atoms with van der Waals surface area (Å²) < 4.78 is 2.83. The van der Waals surface area contributed by atoms with Gasteiger partial charge >= 0.3 is 0 Å². The minimum atomic E-state index is 0.296. The zero-order chi connectivity index (χ0) is 25.7. The summed E-state index contributed by atoms with van der Waals surface area (Å²) in [5, 5.41) is 31.3. The highest BCUT2D eigenvalue weighted by Crippen LogP contribution is 2.26. The zero-order valence-corrected chi connectivity index (χ0v) is 24.6. The van der Waals surface area contributed by atoms with E-state index in [1.54, 1.807) is 18.2 Å². The summed E-state index contributed by atoms with van der Waals surface area (Å²) in [4.78, 5) is 7.07. The fraction of sp³-hybridized carbons (Fsp3) is 0.333. The van der Waals surface area contributed by atoms with Crippen molar-refractivity contribution in [1.29, 1.82) is 0 Å². The summed E-state index contributed by atoms with van der Waals surface area (Å²) in [6.45, 7) is 6.89. The maximum atomic E-state index is 10.4. The van der Waals surface area contributed by atoms with Crippen molar-refractivity contribution in [3.63, 3.8) is 0 Å². The van der Waals surface area contributed by atoms with Crippen LogP contribution in [0.5, 0.6) is 17.2 Å². The van der Waals surface area contributed by atoms with E-state index in [1.807, 2.05) is 36.4 Å². The van der Waals surface area contributed by atoms with Gasteiger partial charge in [-0.1, -0.05) is 47.8 Å². The van der Waals surface area contributed by atoms with E-state index in [0.717, 1.165) is 69.4 Å². The molecule has 3 aromatic carbocycles. The highest BCUT2D eigenvalue weighted by molar-refractivity contribution is 9.11. The van der Waals surface area contributed by atoms with Gasteiger partial charge in [-0.3, -0.25) is 14.7 Å². The molecule has 36 heavy (non-hydrogen) atoms. The lowest BCUT2D eigenvalue weighted by Crippen LogP contribution is -2.35. The number of phenolic OH excluding ortho intramolecular Hbond substituents is 3. The molecule has 4 rings (SSSR count). The smallest absolute Gasteiger partial charge is 0.120 e. The molecule has 0 spiro atoms. The van der Waals surface area contributed by atoms with Gasteiger partial charge in [0.1, 0.15) is 17.2 Å². The number of nitrogens with zero attached hydrogens (tertiary/aromatic N) is 3. The molecule has 9 heteroatoms. The molecule has 3 aromatic rings. The van der Waals surface area contributed by atoms with E-state index in [4.69, 9.17) is 0 Å². The molecule has 192 valence electrons. The maximum Gasteiger partial charge on any atom is 0.120 e. The van der Waals surface area contributed by atoms with E-state index in [2.05, 4.69) is 62.5 Å². The van der Waals surface area contributed by atoms with Gasteiger partial charge in [0.05, 0.1) is 0 Å². The standard InChI is InChI=1S/C27H30Br3N3O3/c28-22-1-4-25(34)19(13-22)16-31-7-9-32(17-20-14-23(29)2-5-26(20)35)11-12-33(10-8-31)18-21-15-24(30)3-6-27(21)36/h1-6,13-15,34-36H,7-12,16-18H2. The van der Waals surface area contributed by atoms with Crippen LogP contribution < -0.4 is 0 Å². The Morgan fingerprint density at radius 3 is 0.972 bits per heavy atom. The number of hydrogen-bond acceptors (Lipinski definition) is 6. The average molecular weight is 684 g/mol. The normalized spacial score (nSPS) is 16.4. The first-order valence-corrected chi connectivity index (χ1v) is 14.2. The number of phenols is 3. The fourth-order valence-electron chi connectivity index (χ4n) is 4.42. The summed E-state index contributed by atoms with van der Waals surface area (Å²) in [6.07, 6.45) is 0. The summed E-state index contributed by atoms with van der Waals surface area (Å²) in [6, 6.07) is 16.6. The first-order valence-electron chi connectivity index (χ1n) is 11.9. The molecule has 0 radical (unpaired) electrons. The second-order valence-corrected chi connectivity index (χ2v) is 11.9. The van der Waals surface area contributed by atoms with Gasteiger partial charge in [0, 0.05) is 89.0 Å². The quantitative estimate of drug-likeness (QED) is 0.300. The molecule has 1 heterocycles. The second-order valence-electron chi connectivity index (χ2n) is 9.15. The van der Waals surface area contributed by atoms with Crippen LogP contribution in [0.3, 0.4) is 0 Å². The first-order chi connectivity index (χ1) is 17.3. The average Bonchev–Trinajstić information content (AvgIpc) is 2.93. The fourth-order valence-corrected chi connectivity index (χ4v) is 5.65. The van der Waals surface area contributed by atoms with Gasteiger partial charge in [0.2, 0.25) is 0 Å². The molecule has 1 aliphatic heterocycles. The summed E-state index contributed by atoms with van der Waals surface area (Å²) in [5.41, 5.74) is 2.66. The van der Waals surface area contributed by atoms with E-state index >= 15 is 0 Å². The summed E-state index contributed by atoms with van der Waals surface area (Å²) >= 11 is 10.6. The molecular formula is C27H30Br3N3O3. The molecule has 6 nitrogen and oxygen atoms in total. The van der Waals surface area contributed by atoms with Crippen molar-refractivity contribution >= 4 is 47.8 Å². The Hall–Kier alpha value is -1.62. The van der Waals surface area contributed by atoms with Crippen molar-refractivity contribution in [2.75, 3.05) is 39.3 Å². The number of hydrogen-bond donors (Lipinski definition) is 3. The largest absolute Gasteiger partial charge is 0.508 e. The van der Waals surface area contributed by atoms with Crippen molar-refractivity contribution in [3.05, 3.63) is 84.7 Å². The maximum absolute atomic E-state index is 10.4. The van der Waals surface area contributed by atoms with E-state index in [9.17, 15) is 15.3 Å². The van der Waals surface area contributed by atoms with Gasteiger partial charge in [0.15, 0.2) is 0 Å². The van der Waals surface area contributed by atoms with Crippen molar-refractivity contribution in [2.45, 2.75) is 19.6 Å². The van der Waals surface area contributed by atoms with Crippen molar-refractivity contribution in [3.8, 4) is 17.2 Å². The van der Waals surface area contributed by atoms with Crippen molar-refractivity contribution in [2.24, 2.45) is 0 Å². The molecular weight excluding hydrogens is 654 g/mol. The van der Waals surface area contributed by atoms with Crippen LogP contribution in [0.1, 0.15) is 16.7 Å². The Morgan fingerprint density at radius 1 is 0.472 bits per heavy atom. The lowest BCUT2D eigenvalue weighted by atomic mass is 10.1. The summed E-state index contributed by atoms with van der Waals surface area (Å²) in [5.74, 6) is 0.889. The third kappa shape index (κ3) is 7.69. The van der Waals surface area contributed by atoms with Crippen LogP contribution in [-0.4, -0.2) is 69.3 Å². The molecule has 3 N–H and O–H groups in total. The summed E-state index contributed by atoms with van der Waals surface area (Å²) in [7, 11) is 0. The Labute approximate surface area is 237 Å². The number of halogens is 3. The third-order valence-corrected chi connectivity index (χ3v) is 7.98. The van der Waals surface area contributed by atoms with Crippen LogP contribution in [0.4, 0.5) is 0 Å². The van der Waals surface area contributed by atoms with Crippen LogP contribution in [0, 0.1) is 0 Å². The predicted octanol–water partition coefficient (Wildman–Crippen LogP) is 5.91. The van der Waals surface area contributed by atoms with E-state index in [0.29, 0.717) is 36.9 Å². The monoisotopic (exact) mass is 681 g/mol. The Balaban J connectivity index is 1.54. The van der Waals surface area contributed by atoms with E-state index in [1.165, 1.54) is 0 Å². The zero-order valence-electron chi connectivity index (χ0n) is 19.9. The topological polar surface area (TPSA) is 70.4 Å². The van der Waals surface area contributed by atoms with E-state index < -0.39 is 0 Å². The SMILES string of the molecule is Oc1ccc(Br)cc1CN1CCN(Cc2cc(Br)ccc2O)CCN(Cc2cc(Br)ccc2O)CC1. The highest BCUT2D eigenvalue weighted by Gasteiger charge is 2.20. The molecule has 0 bridgehead atoms. The van der Waals surface area contributed by atoms with Crippen molar-refractivity contribution in [1.82, 2.24) is 14.7 Å². The molecule has 1 saturated heterocycles. The molecule has 1 aliphatic rings. The minimum absolute atomic E-state index is 0.296. The second kappa shape index (κ2) is 12.8. The van der Waals surface area contributed by atoms with Gasteiger partial charge in [0.25, 0.3) is 0 Å². The first kappa shape index (κ1) is 27.4. The van der Waals surface area contributed by atoms with Gasteiger partial charge in [-0.2, -0.15) is 0 Å². The number of aromatic hydroxyl groups is 3. The van der Waals surface area contributed by atoms with Crippen LogP contribution in [0.15, 0.2) is 68.0 Å². The molecule has 0 saturated carbocycles. The van der Waals surface area contributed by atoms with Gasteiger partial charge in [-0.25, -0.2) is 0 Å². The van der Waals surface area contributed by atoms with Gasteiger partial charge < -0.3 is 15.3 Å².